The quantitative estimate of drug-likeness (QED) is 0.614. The number of aromatic amines is 1. The number of hydrogen-bond donors (Lipinski definition) is 1. The van der Waals surface area contributed by atoms with Crippen LogP contribution in [0.3, 0.4) is 0 Å². The Hall–Kier alpha value is -3.34. The minimum atomic E-state index is -0.0667. The second-order valence-corrected chi connectivity index (χ2v) is 6.40. The fraction of sp³-hybridized carbons (Fsp3) is 0.143. The van der Waals surface area contributed by atoms with E-state index in [9.17, 15) is 4.79 Å². The van der Waals surface area contributed by atoms with E-state index in [0.717, 1.165) is 28.3 Å². The van der Waals surface area contributed by atoms with E-state index in [1.807, 2.05) is 73.1 Å². The van der Waals surface area contributed by atoms with E-state index < -0.39 is 0 Å². The average molecular weight is 344 g/mol. The maximum Gasteiger partial charge on any atom is 0.280 e. The Balaban J connectivity index is 1.82. The molecule has 0 fully saturated rings. The van der Waals surface area contributed by atoms with Gasteiger partial charge >= 0.3 is 0 Å². The van der Waals surface area contributed by atoms with E-state index in [0.29, 0.717) is 12.1 Å². The summed E-state index contributed by atoms with van der Waals surface area (Å²) in [6, 6.07) is 21.7. The highest BCUT2D eigenvalue weighted by Gasteiger charge is 2.19. The highest BCUT2D eigenvalue weighted by molar-refractivity contribution is 5.62. The van der Waals surface area contributed by atoms with Crippen molar-refractivity contribution in [1.29, 1.82) is 0 Å². The fourth-order valence-corrected chi connectivity index (χ4v) is 3.23. The number of aryl methyl sites for hydroxylation is 2. The zero-order valence-electron chi connectivity index (χ0n) is 14.8. The maximum absolute atomic E-state index is 13.1. The van der Waals surface area contributed by atoms with Crippen molar-refractivity contribution in [3.63, 3.8) is 0 Å². The van der Waals surface area contributed by atoms with Crippen LogP contribution in [0, 0.1) is 13.8 Å². The van der Waals surface area contributed by atoms with Gasteiger partial charge in [-0.2, -0.15) is 5.10 Å². The molecule has 4 rings (SSSR count). The molecule has 0 aliphatic carbocycles. The van der Waals surface area contributed by atoms with Crippen molar-refractivity contribution in [3.8, 4) is 16.9 Å². The lowest BCUT2D eigenvalue weighted by Crippen LogP contribution is -2.17. The van der Waals surface area contributed by atoms with Crippen LogP contribution in [-0.4, -0.2) is 19.6 Å². The monoisotopic (exact) mass is 344 g/mol. The summed E-state index contributed by atoms with van der Waals surface area (Å²) in [4.78, 5) is 13.1. The molecule has 0 saturated carbocycles. The zero-order chi connectivity index (χ0) is 18.1. The Morgan fingerprint density at radius 3 is 2.31 bits per heavy atom. The Morgan fingerprint density at radius 2 is 1.62 bits per heavy atom. The molecular weight excluding hydrogens is 324 g/mol. The molecule has 4 aromatic rings. The summed E-state index contributed by atoms with van der Waals surface area (Å²) in [5, 5.41) is 7.79. The first-order chi connectivity index (χ1) is 12.6. The largest absolute Gasteiger partial charge is 0.295 e. The SMILES string of the molecule is Cc1cc(-c2c(C)[nH]n(-c3ccccc3)c2=O)n(Cc2ccccc2)n1. The maximum atomic E-state index is 13.1. The van der Waals surface area contributed by atoms with Crippen LogP contribution in [0.15, 0.2) is 71.5 Å². The molecule has 0 radical (unpaired) electrons. The van der Waals surface area contributed by atoms with Gasteiger partial charge in [0.05, 0.1) is 29.2 Å². The zero-order valence-corrected chi connectivity index (χ0v) is 14.8. The van der Waals surface area contributed by atoms with Gasteiger partial charge in [-0.05, 0) is 37.6 Å². The molecular formula is C21H20N4O. The molecule has 1 N–H and O–H groups in total. The molecule has 0 spiro atoms. The van der Waals surface area contributed by atoms with Gasteiger partial charge in [-0.3, -0.25) is 14.6 Å². The third-order valence-corrected chi connectivity index (χ3v) is 4.42. The van der Waals surface area contributed by atoms with E-state index >= 15 is 0 Å². The molecule has 0 saturated heterocycles. The van der Waals surface area contributed by atoms with Crippen molar-refractivity contribution < 1.29 is 0 Å². The molecule has 2 aromatic heterocycles. The first-order valence-electron chi connectivity index (χ1n) is 8.59. The second kappa shape index (κ2) is 6.52. The van der Waals surface area contributed by atoms with E-state index in [1.165, 1.54) is 0 Å². The lowest BCUT2D eigenvalue weighted by Gasteiger charge is -2.06. The summed E-state index contributed by atoms with van der Waals surface area (Å²) < 4.78 is 3.48. The van der Waals surface area contributed by atoms with Gasteiger partial charge in [0, 0.05) is 5.69 Å². The average Bonchev–Trinajstić information content (AvgIpc) is 3.15. The van der Waals surface area contributed by atoms with E-state index in [2.05, 4.69) is 22.3 Å². The van der Waals surface area contributed by atoms with E-state index in [-0.39, 0.29) is 5.56 Å². The van der Waals surface area contributed by atoms with Crippen LogP contribution < -0.4 is 5.56 Å². The Morgan fingerprint density at radius 1 is 0.962 bits per heavy atom. The normalized spacial score (nSPS) is 11.0. The van der Waals surface area contributed by atoms with Gasteiger partial charge in [-0.1, -0.05) is 48.5 Å². The molecule has 0 bridgehead atoms. The first-order valence-corrected chi connectivity index (χ1v) is 8.59. The number of rotatable bonds is 4. The lowest BCUT2D eigenvalue weighted by molar-refractivity contribution is 0.686. The number of nitrogens with one attached hydrogen (secondary N) is 1. The smallest absolute Gasteiger partial charge is 0.280 e. The molecule has 0 atom stereocenters. The van der Waals surface area contributed by atoms with Gasteiger partial charge in [0.25, 0.3) is 5.56 Å². The molecule has 5 nitrogen and oxygen atoms in total. The van der Waals surface area contributed by atoms with Gasteiger partial charge in [0.2, 0.25) is 0 Å². The Bertz CT molecular complexity index is 1090. The van der Waals surface area contributed by atoms with Crippen LogP contribution in [0.4, 0.5) is 0 Å². The van der Waals surface area contributed by atoms with Crippen LogP contribution in [-0.2, 0) is 6.54 Å². The van der Waals surface area contributed by atoms with Crippen molar-refractivity contribution in [2.45, 2.75) is 20.4 Å². The third-order valence-electron chi connectivity index (χ3n) is 4.42. The van der Waals surface area contributed by atoms with Gasteiger partial charge in [-0.15, -0.1) is 0 Å². The molecule has 0 aliphatic rings. The summed E-state index contributed by atoms with van der Waals surface area (Å²) in [6.07, 6.45) is 0. The summed E-state index contributed by atoms with van der Waals surface area (Å²) in [5.41, 5.74) is 5.11. The fourth-order valence-electron chi connectivity index (χ4n) is 3.23. The van der Waals surface area contributed by atoms with Crippen molar-refractivity contribution in [2.24, 2.45) is 0 Å². The van der Waals surface area contributed by atoms with Crippen molar-refractivity contribution >= 4 is 0 Å². The molecule has 130 valence electrons. The van der Waals surface area contributed by atoms with E-state index in [4.69, 9.17) is 0 Å². The number of para-hydroxylation sites is 1. The van der Waals surface area contributed by atoms with Gasteiger partial charge in [-0.25, -0.2) is 4.68 Å². The first kappa shape index (κ1) is 16.1. The molecule has 5 heteroatoms. The number of aromatic nitrogens is 4. The van der Waals surface area contributed by atoms with Crippen LogP contribution in [0.5, 0.6) is 0 Å². The lowest BCUT2D eigenvalue weighted by atomic mass is 10.1. The second-order valence-electron chi connectivity index (χ2n) is 6.40. The third kappa shape index (κ3) is 2.88. The highest BCUT2D eigenvalue weighted by Crippen LogP contribution is 2.22. The molecule has 0 amide bonds. The van der Waals surface area contributed by atoms with Crippen molar-refractivity contribution in [2.75, 3.05) is 0 Å². The predicted molar refractivity (Wildman–Crippen MR) is 103 cm³/mol. The molecule has 0 aliphatic heterocycles. The minimum Gasteiger partial charge on any atom is -0.295 e. The minimum absolute atomic E-state index is 0.0667. The number of H-pyrrole nitrogens is 1. The molecule has 0 unspecified atom stereocenters. The van der Waals surface area contributed by atoms with Crippen molar-refractivity contribution in [1.82, 2.24) is 19.6 Å². The Kier molecular flexibility index (Phi) is 4.05. The van der Waals surface area contributed by atoms with Crippen LogP contribution in [0.1, 0.15) is 17.0 Å². The number of benzene rings is 2. The summed E-state index contributed by atoms with van der Waals surface area (Å²) in [7, 11) is 0. The summed E-state index contributed by atoms with van der Waals surface area (Å²) >= 11 is 0. The molecule has 2 aromatic carbocycles. The van der Waals surface area contributed by atoms with Gasteiger partial charge < -0.3 is 0 Å². The van der Waals surface area contributed by atoms with Gasteiger partial charge in [0.1, 0.15) is 0 Å². The van der Waals surface area contributed by atoms with Gasteiger partial charge in [0.15, 0.2) is 0 Å². The van der Waals surface area contributed by atoms with Crippen LogP contribution in [0.2, 0.25) is 0 Å². The Labute approximate surface area is 151 Å². The molecule has 26 heavy (non-hydrogen) atoms. The van der Waals surface area contributed by atoms with E-state index in [1.54, 1.807) is 4.68 Å². The number of hydrogen-bond acceptors (Lipinski definition) is 2. The molecule has 2 heterocycles. The number of nitrogens with zero attached hydrogens (tertiary/aromatic N) is 3. The topological polar surface area (TPSA) is 55.6 Å². The van der Waals surface area contributed by atoms with Crippen LogP contribution >= 0.6 is 0 Å². The van der Waals surface area contributed by atoms with Crippen LogP contribution in [0.25, 0.3) is 16.9 Å². The summed E-state index contributed by atoms with van der Waals surface area (Å²) in [6.45, 7) is 4.49. The summed E-state index contributed by atoms with van der Waals surface area (Å²) in [5.74, 6) is 0. The standard InChI is InChI=1S/C21H20N4O/c1-15-13-19(24(22-15)14-17-9-5-3-6-10-17)20-16(2)23-25(21(20)26)18-11-7-4-8-12-18/h3-13,23H,14H2,1-2H3. The highest BCUT2D eigenvalue weighted by atomic mass is 16.1. The van der Waals surface area contributed by atoms with Crippen molar-refractivity contribution in [3.05, 3.63) is 94.0 Å². The predicted octanol–water partition coefficient (Wildman–Crippen LogP) is 3.69.